The van der Waals surface area contributed by atoms with E-state index in [2.05, 4.69) is 45.2 Å². The summed E-state index contributed by atoms with van der Waals surface area (Å²) in [6, 6.07) is 25.8. The number of carbonyl (C=O) groups is 3. The van der Waals surface area contributed by atoms with Gasteiger partial charge in [-0.2, -0.15) is 0 Å². The Hall–Kier alpha value is -4.51. The second-order valence-electron chi connectivity index (χ2n) is 14.9. The topological polar surface area (TPSA) is 142 Å². The summed E-state index contributed by atoms with van der Waals surface area (Å²) in [5.41, 5.74) is 9.64. The Bertz CT molecular complexity index is 1710. The number of rotatable bonds is 17. The van der Waals surface area contributed by atoms with E-state index in [1.165, 1.54) is 5.56 Å². The number of benzene rings is 3. The minimum absolute atomic E-state index is 0.112. The highest BCUT2D eigenvalue weighted by Crippen LogP contribution is 2.28. The summed E-state index contributed by atoms with van der Waals surface area (Å²) in [6.07, 6.45) is 5.68. The average molecular weight is 709 g/mol. The SMILES string of the molecule is CC(C)(C)N[C@@H](COCc1ccccc1)C(=O)N[C@@H](CCCCN)C(=O)N[C@H](Cc1c[nH]c2ccccc12)C(=O)N1CCC(c2ccccc2)CC1. The Kier molecular flexibility index (Phi) is 14.0. The number of likely N-dealkylation sites (tertiary alicyclic amines) is 1. The Labute approximate surface area is 308 Å². The number of piperidine rings is 1. The molecule has 1 fully saturated rings. The van der Waals surface area contributed by atoms with Gasteiger partial charge in [0.1, 0.15) is 18.1 Å². The highest BCUT2D eigenvalue weighted by molar-refractivity contribution is 5.94. The van der Waals surface area contributed by atoms with Crippen molar-refractivity contribution >= 4 is 28.6 Å². The summed E-state index contributed by atoms with van der Waals surface area (Å²) < 4.78 is 5.99. The Morgan fingerprint density at radius 3 is 2.17 bits per heavy atom. The molecule has 10 nitrogen and oxygen atoms in total. The number of aromatic nitrogens is 1. The van der Waals surface area contributed by atoms with Gasteiger partial charge in [-0.15, -0.1) is 0 Å². The van der Waals surface area contributed by atoms with Crippen molar-refractivity contribution in [1.82, 2.24) is 25.8 Å². The van der Waals surface area contributed by atoms with Crippen molar-refractivity contribution < 1.29 is 19.1 Å². The molecule has 0 radical (unpaired) electrons. The van der Waals surface area contributed by atoms with E-state index in [1.807, 2.05) is 92.5 Å². The van der Waals surface area contributed by atoms with Crippen molar-refractivity contribution in [2.45, 2.75) is 95.5 Å². The van der Waals surface area contributed by atoms with E-state index < -0.39 is 18.1 Å². The normalized spacial score (nSPS) is 15.6. The maximum Gasteiger partial charge on any atom is 0.245 e. The van der Waals surface area contributed by atoms with Gasteiger partial charge in [-0.25, -0.2) is 0 Å². The lowest BCUT2D eigenvalue weighted by atomic mass is 9.89. The molecular weight excluding hydrogens is 652 g/mol. The summed E-state index contributed by atoms with van der Waals surface area (Å²) in [6.45, 7) is 8.13. The molecule has 1 saturated heterocycles. The lowest BCUT2D eigenvalue weighted by Gasteiger charge is -2.35. The number of nitrogens with one attached hydrogen (secondary N) is 4. The zero-order chi connectivity index (χ0) is 36.9. The van der Waals surface area contributed by atoms with E-state index in [0.717, 1.165) is 34.9 Å². The van der Waals surface area contributed by atoms with E-state index in [-0.39, 0.29) is 29.9 Å². The van der Waals surface area contributed by atoms with Gasteiger partial charge in [0.15, 0.2) is 0 Å². The van der Waals surface area contributed by atoms with E-state index in [0.29, 0.717) is 57.8 Å². The molecule has 0 unspecified atom stereocenters. The van der Waals surface area contributed by atoms with Gasteiger partial charge in [0.25, 0.3) is 0 Å². The number of carbonyl (C=O) groups excluding carboxylic acids is 3. The molecule has 1 aliphatic heterocycles. The summed E-state index contributed by atoms with van der Waals surface area (Å²) in [4.78, 5) is 47.6. The number of hydrogen-bond acceptors (Lipinski definition) is 6. The molecule has 5 rings (SSSR count). The van der Waals surface area contributed by atoms with Crippen LogP contribution in [0.5, 0.6) is 0 Å². The van der Waals surface area contributed by atoms with Crippen LogP contribution in [0.2, 0.25) is 0 Å². The molecule has 52 heavy (non-hydrogen) atoms. The van der Waals surface area contributed by atoms with Crippen LogP contribution < -0.4 is 21.7 Å². The van der Waals surface area contributed by atoms with Gasteiger partial charge < -0.3 is 31.0 Å². The molecule has 1 aliphatic rings. The van der Waals surface area contributed by atoms with Crippen LogP contribution in [0, 0.1) is 0 Å². The fraction of sp³-hybridized carbons (Fsp3) is 0.452. The van der Waals surface area contributed by atoms with Crippen LogP contribution in [-0.4, -0.2) is 77.5 Å². The predicted molar refractivity (Wildman–Crippen MR) is 207 cm³/mol. The molecule has 0 spiro atoms. The van der Waals surface area contributed by atoms with Gasteiger partial charge in [0, 0.05) is 42.1 Å². The number of hydrogen-bond donors (Lipinski definition) is 5. The summed E-state index contributed by atoms with van der Waals surface area (Å²) in [5, 5.41) is 10.5. The highest BCUT2D eigenvalue weighted by atomic mass is 16.5. The Balaban J connectivity index is 1.32. The number of nitrogens with two attached hydrogens (primary N) is 1. The number of nitrogens with zero attached hydrogens (tertiary/aromatic N) is 1. The first-order valence-electron chi connectivity index (χ1n) is 18.7. The van der Waals surface area contributed by atoms with Crippen molar-refractivity contribution in [3.8, 4) is 0 Å². The third-order valence-corrected chi connectivity index (χ3v) is 9.69. The van der Waals surface area contributed by atoms with Gasteiger partial charge in [-0.1, -0.05) is 78.9 Å². The summed E-state index contributed by atoms with van der Waals surface area (Å²) >= 11 is 0. The number of aromatic amines is 1. The van der Waals surface area contributed by atoms with E-state index >= 15 is 0 Å². The fourth-order valence-electron chi connectivity index (χ4n) is 6.98. The van der Waals surface area contributed by atoms with Crippen LogP contribution in [-0.2, 0) is 32.1 Å². The number of para-hydroxylation sites is 1. The third-order valence-electron chi connectivity index (χ3n) is 9.69. The molecule has 2 heterocycles. The van der Waals surface area contributed by atoms with Crippen molar-refractivity contribution in [1.29, 1.82) is 0 Å². The largest absolute Gasteiger partial charge is 0.375 e. The van der Waals surface area contributed by atoms with Crippen molar-refractivity contribution in [2.24, 2.45) is 5.73 Å². The molecular formula is C42H56N6O4. The van der Waals surface area contributed by atoms with Gasteiger partial charge in [-0.3, -0.25) is 19.7 Å². The lowest BCUT2D eigenvalue weighted by Crippen LogP contribution is -2.59. The molecule has 0 bridgehead atoms. The maximum absolute atomic E-state index is 14.3. The first kappa shape index (κ1) is 38.7. The van der Waals surface area contributed by atoms with Crippen molar-refractivity contribution in [3.63, 3.8) is 0 Å². The van der Waals surface area contributed by atoms with Gasteiger partial charge in [0.05, 0.1) is 13.2 Å². The summed E-state index contributed by atoms with van der Waals surface area (Å²) in [7, 11) is 0. The maximum atomic E-state index is 14.3. The van der Waals surface area contributed by atoms with Gasteiger partial charge in [-0.05, 0) is 88.1 Å². The Morgan fingerprint density at radius 2 is 1.48 bits per heavy atom. The van der Waals surface area contributed by atoms with Crippen molar-refractivity contribution in [2.75, 3.05) is 26.2 Å². The zero-order valence-corrected chi connectivity index (χ0v) is 30.9. The Morgan fingerprint density at radius 1 is 0.846 bits per heavy atom. The highest BCUT2D eigenvalue weighted by Gasteiger charge is 2.34. The molecule has 1 aromatic heterocycles. The van der Waals surface area contributed by atoms with Crippen LogP contribution in [0.25, 0.3) is 10.9 Å². The predicted octanol–water partition coefficient (Wildman–Crippen LogP) is 5.19. The van der Waals surface area contributed by atoms with E-state index in [9.17, 15) is 14.4 Å². The molecule has 0 saturated carbocycles. The molecule has 278 valence electrons. The molecule has 3 atom stereocenters. The number of unbranched alkanes of at least 4 members (excludes halogenated alkanes) is 1. The van der Waals surface area contributed by atoms with Gasteiger partial charge >= 0.3 is 0 Å². The zero-order valence-electron chi connectivity index (χ0n) is 30.9. The molecule has 0 aliphatic carbocycles. The van der Waals surface area contributed by atoms with Gasteiger partial charge in [0.2, 0.25) is 17.7 Å². The molecule has 6 N–H and O–H groups in total. The number of fused-ring (bicyclic) bond motifs is 1. The number of amides is 3. The smallest absolute Gasteiger partial charge is 0.245 e. The van der Waals surface area contributed by atoms with Crippen LogP contribution >= 0.6 is 0 Å². The van der Waals surface area contributed by atoms with Crippen LogP contribution in [0.15, 0.2) is 91.1 Å². The monoisotopic (exact) mass is 708 g/mol. The van der Waals surface area contributed by atoms with E-state index in [4.69, 9.17) is 10.5 Å². The fourth-order valence-corrected chi connectivity index (χ4v) is 6.98. The van der Waals surface area contributed by atoms with Crippen LogP contribution in [0.3, 0.4) is 0 Å². The third kappa shape index (κ3) is 11.2. The molecule has 3 amide bonds. The molecule has 10 heteroatoms. The quantitative estimate of drug-likeness (QED) is 0.0957. The summed E-state index contributed by atoms with van der Waals surface area (Å²) in [5.74, 6) is -0.444. The van der Waals surface area contributed by atoms with Crippen LogP contribution in [0.4, 0.5) is 0 Å². The van der Waals surface area contributed by atoms with E-state index in [1.54, 1.807) is 0 Å². The second kappa shape index (κ2) is 18.8. The van der Waals surface area contributed by atoms with Crippen LogP contribution in [0.1, 0.15) is 75.5 Å². The minimum Gasteiger partial charge on any atom is -0.375 e. The number of ether oxygens (including phenoxy) is 1. The molecule has 3 aromatic carbocycles. The van der Waals surface area contributed by atoms with Crippen molar-refractivity contribution in [3.05, 3.63) is 108 Å². The lowest BCUT2D eigenvalue weighted by molar-refractivity contribution is -0.138. The minimum atomic E-state index is -0.862. The second-order valence-corrected chi connectivity index (χ2v) is 14.9. The molecule has 4 aromatic rings. The standard InChI is InChI=1S/C42H56N6O4/c1-42(2,3)47-38(29-52-28-30-14-6-4-7-15-30)40(50)45-36(20-12-13-23-43)39(49)46-37(26-33-27-44-35-19-11-10-18-34(33)35)41(51)48-24-21-32(22-25-48)31-16-8-5-9-17-31/h4-11,14-19,27,32,36-38,44,47H,12-13,20-26,28-29,43H2,1-3H3,(H,45,50)(H,46,49)/t36-,37+,38-/m0/s1. The number of H-pyrrole nitrogens is 1. The first-order chi connectivity index (χ1) is 25.1. The average Bonchev–Trinajstić information content (AvgIpc) is 3.56. The first-order valence-corrected chi connectivity index (χ1v) is 18.7.